The van der Waals surface area contributed by atoms with Gasteiger partial charge in [-0.2, -0.15) is 0 Å². The molecule has 2 aromatic carbocycles. The molecule has 27 heavy (non-hydrogen) atoms. The summed E-state index contributed by atoms with van der Waals surface area (Å²) in [4.78, 5) is 12.1. The summed E-state index contributed by atoms with van der Waals surface area (Å²) in [5.41, 5.74) is 1.46. The highest BCUT2D eigenvalue weighted by Crippen LogP contribution is 2.42. The largest absolute Gasteiger partial charge is 0.459 e. The zero-order valence-electron chi connectivity index (χ0n) is 15.1. The number of ether oxygens (including phenoxy) is 5. The summed E-state index contributed by atoms with van der Waals surface area (Å²) >= 11 is 0. The van der Waals surface area contributed by atoms with Gasteiger partial charge in [-0.15, -0.1) is 0 Å². The van der Waals surface area contributed by atoms with E-state index >= 15 is 0 Å². The van der Waals surface area contributed by atoms with E-state index in [4.69, 9.17) is 23.7 Å². The van der Waals surface area contributed by atoms with Gasteiger partial charge in [0.05, 0.1) is 11.7 Å². The van der Waals surface area contributed by atoms with Crippen LogP contribution < -0.4 is 0 Å². The molecule has 0 N–H and O–H groups in total. The van der Waals surface area contributed by atoms with E-state index in [-0.39, 0.29) is 31.4 Å². The molecule has 0 radical (unpaired) electrons. The second kappa shape index (κ2) is 7.78. The van der Waals surface area contributed by atoms with E-state index in [0.717, 1.165) is 5.56 Å². The molecule has 2 aliphatic rings. The van der Waals surface area contributed by atoms with Crippen LogP contribution in [0.4, 0.5) is 0 Å². The molecule has 4 rings (SSSR count). The highest BCUT2D eigenvalue weighted by molar-refractivity contribution is 5.89. The molecule has 0 saturated carbocycles. The van der Waals surface area contributed by atoms with Crippen LogP contribution in [-0.4, -0.2) is 44.3 Å². The van der Waals surface area contributed by atoms with Crippen molar-refractivity contribution < 1.29 is 28.5 Å². The predicted molar refractivity (Wildman–Crippen MR) is 96.0 cm³/mol. The maximum atomic E-state index is 12.1. The third kappa shape index (κ3) is 3.75. The lowest BCUT2D eigenvalue weighted by molar-refractivity contribution is -0.355. The van der Waals surface area contributed by atoms with Crippen LogP contribution in [0, 0.1) is 0 Å². The second-order valence-electron chi connectivity index (χ2n) is 6.63. The molecule has 2 saturated heterocycles. The summed E-state index contributed by atoms with van der Waals surface area (Å²) in [6.07, 6.45) is -0.529. The van der Waals surface area contributed by atoms with E-state index in [2.05, 4.69) is 0 Å². The highest BCUT2D eigenvalue weighted by Gasteiger charge is 2.54. The van der Waals surface area contributed by atoms with Crippen LogP contribution in [-0.2, 0) is 23.7 Å². The quantitative estimate of drug-likeness (QED) is 0.754. The summed E-state index contributed by atoms with van der Waals surface area (Å²) in [5.74, 6) is -1.35. The number of carbonyl (C=O) groups excluding carboxylic acids is 1. The lowest BCUT2D eigenvalue weighted by Crippen LogP contribution is -2.51. The number of carbonyl (C=O) groups is 1. The van der Waals surface area contributed by atoms with Crippen LogP contribution in [0.3, 0.4) is 0 Å². The topological polar surface area (TPSA) is 63.2 Å². The Morgan fingerprint density at radius 2 is 1.81 bits per heavy atom. The molecular formula is C21H22O6. The van der Waals surface area contributed by atoms with Gasteiger partial charge in [-0.3, -0.25) is 0 Å². The Kier molecular flexibility index (Phi) is 5.22. The first-order chi connectivity index (χ1) is 13.2. The molecule has 2 heterocycles. The number of fused-ring (bicyclic) bond motifs is 1. The number of hydrogen-bond acceptors (Lipinski definition) is 6. The Hall–Kier alpha value is -2.25. The third-order valence-corrected chi connectivity index (χ3v) is 4.88. The van der Waals surface area contributed by atoms with Crippen molar-refractivity contribution in [2.45, 2.75) is 30.7 Å². The minimum absolute atomic E-state index is 0.134. The second-order valence-corrected chi connectivity index (χ2v) is 6.63. The average Bonchev–Trinajstić information content (AvgIpc) is 3.11. The Bertz CT molecular complexity index is 765. The van der Waals surface area contributed by atoms with Gasteiger partial charge in [-0.1, -0.05) is 48.5 Å². The molecule has 6 heteroatoms. The van der Waals surface area contributed by atoms with Gasteiger partial charge in [0.1, 0.15) is 19.3 Å². The molecule has 0 aromatic heterocycles. The van der Waals surface area contributed by atoms with E-state index in [9.17, 15) is 4.79 Å². The number of benzene rings is 2. The Morgan fingerprint density at radius 1 is 1.11 bits per heavy atom. The van der Waals surface area contributed by atoms with Crippen LogP contribution in [0.5, 0.6) is 0 Å². The number of esters is 1. The fourth-order valence-electron chi connectivity index (χ4n) is 3.44. The minimum Gasteiger partial charge on any atom is -0.459 e. The van der Waals surface area contributed by atoms with Crippen molar-refractivity contribution in [1.82, 2.24) is 0 Å². The lowest BCUT2D eigenvalue weighted by atomic mass is 10.1. The summed E-state index contributed by atoms with van der Waals surface area (Å²) in [7, 11) is 1.57. The van der Waals surface area contributed by atoms with Gasteiger partial charge in [0.2, 0.25) is 5.79 Å². The SMILES string of the molecule is CO[C@]12COC(c3ccccc3)O[C@H]1C[C@@H](COC(=O)c1ccccc1)O2. The molecule has 0 spiro atoms. The fraction of sp³-hybridized carbons (Fsp3) is 0.381. The summed E-state index contributed by atoms with van der Waals surface area (Å²) < 4.78 is 29.0. The van der Waals surface area contributed by atoms with Crippen LogP contribution in [0.15, 0.2) is 60.7 Å². The number of hydrogen-bond donors (Lipinski definition) is 0. The molecule has 2 fully saturated rings. The summed E-state index contributed by atoms with van der Waals surface area (Å²) in [6, 6.07) is 18.6. The first-order valence-corrected chi connectivity index (χ1v) is 8.97. The van der Waals surface area contributed by atoms with Gasteiger partial charge < -0.3 is 23.7 Å². The first kappa shape index (κ1) is 18.1. The summed E-state index contributed by atoms with van der Waals surface area (Å²) in [5, 5.41) is 0. The van der Waals surface area contributed by atoms with E-state index < -0.39 is 12.1 Å². The van der Waals surface area contributed by atoms with Crippen molar-refractivity contribution in [3.05, 3.63) is 71.8 Å². The molecule has 4 atom stereocenters. The monoisotopic (exact) mass is 370 g/mol. The van der Waals surface area contributed by atoms with Gasteiger partial charge in [0.15, 0.2) is 6.29 Å². The summed E-state index contributed by atoms with van der Waals surface area (Å²) in [6.45, 7) is 0.381. The van der Waals surface area contributed by atoms with Gasteiger partial charge in [-0.05, 0) is 12.1 Å². The Balaban J connectivity index is 1.38. The van der Waals surface area contributed by atoms with Crippen LogP contribution in [0.2, 0.25) is 0 Å². The molecule has 0 amide bonds. The van der Waals surface area contributed by atoms with Crippen molar-refractivity contribution in [1.29, 1.82) is 0 Å². The zero-order chi connectivity index (χ0) is 18.7. The molecular weight excluding hydrogens is 348 g/mol. The maximum Gasteiger partial charge on any atom is 0.338 e. The van der Waals surface area contributed by atoms with Crippen LogP contribution >= 0.6 is 0 Å². The molecule has 1 unspecified atom stereocenters. The minimum atomic E-state index is -0.977. The van der Waals surface area contributed by atoms with Gasteiger partial charge in [0.25, 0.3) is 0 Å². The van der Waals surface area contributed by atoms with Gasteiger partial charge in [0, 0.05) is 19.1 Å². The smallest absolute Gasteiger partial charge is 0.338 e. The first-order valence-electron chi connectivity index (χ1n) is 8.97. The van der Waals surface area contributed by atoms with Crippen molar-refractivity contribution in [2.75, 3.05) is 20.3 Å². The van der Waals surface area contributed by atoms with Crippen molar-refractivity contribution in [2.24, 2.45) is 0 Å². The predicted octanol–water partition coefficient (Wildman–Crippen LogP) is 3.09. The van der Waals surface area contributed by atoms with E-state index in [1.165, 1.54) is 0 Å². The third-order valence-electron chi connectivity index (χ3n) is 4.88. The van der Waals surface area contributed by atoms with Crippen molar-refractivity contribution >= 4 is 5.97 Å². The molecule has 2 aliphatic heterocycles. The lowest BCUT2D eigenvalue weighted by Gasteiger charge is -2.40. The molecule has 6 nitrogen and oxygen atoms in total. The Labute approximate surface area is 157 Å². The Morgan fingerprint density at radius 3 is 2.52 bits per heavy atom. The van der Waals surface area contributed by atoms with Gasteiger partial charge in [-0.25, -0.2) is 4.79 Å². The van der Waals surface area contributed by atoms with Crippen LogP contribution in [0.1, 0.15) is 28.6 Å². The van der Waals surface area contributed by atoms with Gasteiger partial charge >= 0.3 is 5.97 Å². The molecule has 0 aliphatic carbocycles. The number of methoxy groups -OCH3 is 1. The van der Waals surface area contributed by atoms with Crippen molar-refractivity contribution in [3.8, 4) is 0 Å². The maximum absolute atomic E-state index is 12.1. The number of rotatable bonds is 5. The van der Waals surface area contributed by atoms with Crippen molar-refractivity contribution in [3.63, 3.8) is 0 Å². The van der Waals surface area contributed by atoms with E-state index in [1.54, 1.807) is 31.4 Å². The van der Waals surface area contributed by atoms with E-state index in [1.807, 2.05) is 36.4 Å². The van der Waals surface area contributed by atoms with Crippen LogP contribution in [0.25, 0.3) is 0 Å². The molecule has 142 valence electrons. The van der Waals surface area contributed by atoms with E-state index in [0.29, 0.717) is 12.0 Å². The molecule has 2 aromatic rings. The standard InChI is InChI=1S/C21H22O6/c1-23-21-14-25-20(16-10-6-3-7-11-16)26-18(21)12-17(27-21)13-24-19(22)15-8-4-2-5-9-15/h2-11,17-18,20H,12-14H2,1H3/t17-,18-,20?,21-/m0/s1. The highest BCUT2D eigenvalue weighted by atomic mass is 16.8. The average molecular weight is 370 g/mol. The zero-order valence-corrected chi connectivity index (χ0v) is 15.1. The fourth-order valence-corrected chi connectivity index (χ4v) is 3.44. The normalized spacial score (nSPS) is 29.9. The molecule has 0 bridgehead atoms.